The molecule has 1 saturated heterocycles. The molecule has 0 aromatic heterocycles. The first kappa shape index (κ1) is 9.59. The monoisotopic (exact) mass is 198 g/mol. The fraction of sp³-hybridized carbons (Fsp3) is 0.800. The molecule has 1 aliphatic heterocycles. The first-order valence-electron chi connectivity index (χ1n) is 3.18. The van der Waals surface area contributed by atoms with E-state index in [0.29, 0.717) is 0 Å². The van der Waals surface area contributed by atoms with Crippen LogP contribution in [0.4, 0.5) is 4.79 Å². The van der Waals surface area contributed by atoms with Crippen LogP contribution in [0.25, 0.3) is 0 Å². The van der Waals surface area contributed by atoms with Crippen molar-refractivity contribution < 1.29 is 27.6 Å². The van der Waals surface area contributed by atoms with Crippen LogP contribution in [0.2, 0.25) is 0 Å². The molecule has 0 aromatic carbocycles. The zero-order valence-electron chi connectivity index (χ0n) is 6.43. The molecule has 1 unspecified atom stereocenters. The van der Waals surface area contributed by atoms with Gasteiger partial charge in [0.25, 0.3) is 0 Å². The molecule has 0 aliphatic carbocycles. The molecule has 1 fully saturated rings. The van der Waals surface area contributed by atoms with Gasteiger partial charge < -0.3 is 18.6 Å². The summed E-state index contributed by atoms with van der Waals surface area (Å²) in [5.74, 6) is -0.0812. The number of hydrogen-bond donors (Lipinski definition) is 2. The molecule has 1 atom stereocenters. The van der Waals surface area contributed by atoms with Crippen LogP contribution >= 0.6 is 10.9 Å². The quantitative estimate of drug-likeness (QED) is 0.607. The number of methoxy groups -OCH3 is 1. The second-order valence-electron chi connectivity index (χ2n) is 2.25. The lowest BCUT2D eigenvalue weighted by atomic mass is 10.4. The highest BCUT2D eigenvalue weighted by atomic mass is 32.3. The third-order valence-electron chi connectivity index (χ3n) is 1.28. The van der Waals surface area contributed by atoms with Crippen molar-refractivity contribution in [1.29, 1.82) is 0 Å². The van der Waals surface area contributed by atoms with Crippen molar-refractivity contribution in [2.24, 2.45) is 0 Å². The third-order valence-corrected chi connectivity index (χ3v) is 2.59. The van der Waals surface area contributed by atoms with Crippen LogP contribution in [0, 0.1) is 0 Å². The van der Waals surface area contributed by atoms with E-state index in [1.807, 2.05) is 0 Å². The summed E-state index contributed by atoms with van der Waals surface area (Å²) in [6.45, 7) is -0.00255. The van der Waals surface area contributed by atoms with E-state index in [4.69, 9.17) is 9.11 Å². The lowest BCUT2D eigenvalue weighted by Gasteiger charge is -2.17. The Balaban J connectivity index is 2.33. The van der Waals surface area contributed by atoms with E-state index in [1.54, 1.807) is 0 Å². The number of carbonyl (C=O) groups excluding carboxylic acids is 1. The van der Waals surface area contributed by atoms with E-state index < -0.39 is 23.1 Å². The molecule has 0 radical (unpaired) electrons. The van der Waals surface area contributed by atoms with Crippen molar-refractivity contribution in [3.63, 3.8) is 0 Å². The molecule has 0 amide bonds. The van der Waals surface area contributed by atoms with Gasteiger partial charge in [-0.25, -0.2) is 4.79 Å². The molecule has 1 aliphatic rings. The van der Waals surface area contributed by atoms with Gasteiger partial charge in [0.1, 0.15) is 12.7 Å². The van der Waals surface area contributed by atoms with Gasteiger partial charge in [-0.2, -0.15) is 0 Å². The van der Waals surface area contributed by atoms with E-state index >= 15 is 0 Å². The Bertz CT molecular complexity index is 181. The Labute approximate surface area is 71.0 Å². The SMILES string of the molecule is COC(=O)OC1COS(O)(O)C1. The molecule has 0 spiro atoms. The smallest absolute Gasteiger partial charge is 0.438 e. The van der Waals surface area contributed by atoms with Gasteiger partial charge in [-0.05, 0) is 0 Å². The second-order valence-corrected chi connectivity index (χ2v) is 4.03. The van der Waals surface area contributed by atoms with Gasteiger partial charge in [-0.15, -0.1) is 0 Å². The normalized spacial score (nSPS) is 29.4. The van der Waals surface area contributed by atoms with Crippen LogP contribution < -0.4 is 0 Å². The summed E-state index contributed by atoms with van der Waals surface area (Å²) in [4.78, 5) is 10.5. The molecule has 1 heterocycles. The maximum atomic E-state index is 10.5. The predicted molar refractivity (Wildman–Crippen MR) is 40.9 cm³/mol. The van der Waals surface area contributed by atoms with Crippen LogP contribution in [0.5, 0.6) is 0 Å². The molecular weight excluding hydrogens is 188 g/mol. The highest BCUT2D eigenvalue weighted by molar-refractivity contribution is 8.20. The molecule has 1 rings (SSSR count). The van der Waals surface area contributed by atoms with Crippen LogP contribution in [0.1, 0.15) is 0 Å². The number of hydrogen-bond acceptors (Lipinski definition) is 6. The van der Waals surface area contributed by atoms with Crippen molar-refractivity contribution in [3.05, 3.63) is 0 Å². The Morgan fingerprint density at radius 3 is 2.75 bits per heavy atom. The summed E-state index contributed by atoms with van der Waals surface area (Å²) in [6, 6.07) is 0. The molecule has 7 heteroatoms. The minimum Gasteiger partial charge on any atom is -0.438 e. The molecule has 0 aromatic rings. The summed E-state index contributed by atoms with van der Waals surface area (Å²) >= 11 is 0. The predicted octanol–water partition coefficient (Wildman–Crippen LogP) is 0.834. The maximum absolute atomic E-state index is 10.5. The minimum absolute atomic E-state index is 0.00255. The van der Waals surface area contributed by atoms with Gasteiger partial charge >= 0.3 is 6.16 Å². The molecule has 6 nitrogen and oxygen atoms in total. The summed E-state index contributed by atoms with van der Waals surface area (Å²) in [7, 11) is -1.81. The highest BCUT2D eigenvalue weighted by Gasteiger charge is 2.35. The maximum Gasteiger partial charge on any atom is 0.508 e. The topological polar surface area (TPSA) is 85.2 Å². The van der Waals surface area contributed by atoms with E-state index in [9.17, 15) is 4.79 Å². The number of rotatable bonds is 1. The van der Waals surface area contributed by atoms with Crippen molar-refractivity contribution in [3.8, 4) is 0 Å². The van der Waals surface area contributed by atoms with Crippen molar-refractivity contribution in [1.82, 2.24) is 0 Å². The fourth-order valence-electron chi connectivity index (χ4n) is 0.775. The molecule has 72 valence electrons. The average Bonchev–Trinajstić information content (AvgIpc) is 2.30. The van der Waals surface area contributed by atoms with E-state index in [0.717, 1.165) is 0 Å². The van der Waals surface area contributed by atoms with Crippen LogP contribution in [0.15, 0.2) is 0 Å². The van der Waals surface area contributed by atoms with Gasteiger partial charge in [0.15, 0.2) is 0 Å². The summed E-state index contributed by atoms with van der Waals surface area (Å²) < 4.78 is 31.3. The Kier molecular flexibility index (Phi) is 2.78. The Morgan fingerprint density at radius 1 is 1.67 bits per heavy atom. The standard InChI is InChI=1S/C5H10O6S/c1-9-5(6)11-4-2-10-12(7,8)3-4/h4,7-8H,2-3H2,1H3. The third kappa shape index (κ3) is 2.52. The first-order valence-corrected chi connectivity index (χ1v) is 4.82. The number of ether oxygens (including phenoxy) is 2. The number of carbonyl (C=O) groups is 1. The van der Waals surface area contributed by atoms with E-state index in [2.05, 4.69) is 13.7 Å². The fourth-order valence-corrected chi connectivity index (χ4v) is 1.89. The van der Waals surface area contributed by atoms with E-state index in [-0.39, 0.29) is 12.4 Å². The minimum atomic E-state index is -2.98. The lowest BCUT2D eigenvalue weighted by Crippen LogP contribution is -2.21. The van der Waals surface area contributed by atoms with Crippen LogP contribution in [-0.2, 0) is 13.7 Å². The van der Waals surface area contributed by atoms with Gasteiger partial charge in [-0.3, -0.25) is 4.18 Å². The average molecular weight is 198 g/mol. The largest absolute Gasteiger partial charge is 0.508 e. The molecule has 0 bridgehead atoms. The van der Waals surface area contributed by atoms with Crippen molar-refractivity contribution in [2.45, 2.75) is 6.10 Å². The van der Waals surface area contributed by atoms with Crippen molar-refractivity contribution in [2.75, 3.05) is 19.5 Å². The zero-order valence-corrected chi connectivity index (χ0v) is 7.24. The summed E-state index contributed by atoms with van der Waals surface area (Å²) in [5.41, 5.74) is 0. The second kappa shape index (κ2) is 3.48. The van der Waals surface area contributed by atoms with Gasteiger partial charge in [0.05, 0.1) is 23.7 Å². The van der Waals surface area contributed by atoms with Gasteiger partial charge in [0.2, 0.25) is 0 Å². The molecule has 0 saturated carbocycles. The van der Waals surface area contributed by atoms with Crippen LogP contribution in [-0.4, -0.2) is 40.8 Å². The van der Waals surface area contributed by atoms with Crippen LogP contribution in [0.3, 0.4) is 0 Å². The van der Waals surface area contributed by atoms with E-state index in [1.165, 1.54) is 7.11 Å². The molecule has 12 heavy (non-hydrogen) atoms. The molecule has 2 N–H and O–H groups in total. The summed E-state index contributed by atoms with van der Waals surface area (Å²) in [6.07, 6.45) is -1.47. The van der Waals surface area contributed by atoms with Gasteiger partial charge in [-0.1, -0.05) is 0 Å². The Morgan fingerprint density at radius 2 is 2.33 bits per heavy atom. The molecular formula is C5H10O6S. The van der Waals surface area contributed by atoms with Gasteiger partial charge in [0, 0.05) is 0 Å². The van der Waals surface area contributed by atoms with Crippen molar-refractivity contribution >= 4 is 17.0 Å². The zero-order chi connectivity index (χ0) is 9.19. The first-order chi connectivity index (χ1) is 5.53. The Hall–Kier alpha value is -0.500. The highest BCUT2D eigenvalue weighted by Crippen LogP contribution is 2.45. The summed E-state index contributed by atoms with van der Waals surface area (Å²) in [5, 5.41) is 0. The lowest BCUT2D eigenvalue weighted by molar-refractivity contribution is 0.0367.